The summed E-state index contributed by atoms with van der Waals surface area (Å²) in [5.41, 5.74) is 13.8. The van der Waals surface area contributed by atoms with E-state index in [0.717, 1.165) is 37.7 Å². The predicted molar refractivity (Wildman–Crippen MR) is 343 cm³/mol. The number of hydrogen-bond donors (Lipinski definition) is 11. The van der Waals surface area contributed by atoms with Crippen molar-refractivity contribution in [3.8, 4) is 0 Å². The fourth-order valence-electron chi connectivity index (χ4n) is 11.6. The van der Waals surface area contributed by atoms with Crippen LogP contribution in [0, 0.1) is 29.1 Å². The minimum absolute atomic E-state index is 0. The number of H-pyrrole nitrogens is 1. The molecule has 0 unspecified atom stereocenters. The first kappa shape index (κ1) is 76.8. The van der Waals surface area contributed by atoms with Crippen molar-refractivity contribution in [3.63, 3.8) is 0 Å². The van der Waals surface area contributed by atoms with E-state index in [0.29, 0.717) is 87.2 Å². The number of carbonyl (C=O) groups is 8. The van der Waals surface area contributed by atoms with Gasteiger partial charge in [0.2, 0.25) is 11.9 Å². The standard InChI is InChI=1S/C25H38O5.C21H31N3O5.C19H19N7O6.2H2O/c1-6-25(4,5)24(28)30-21-12-15(2)11-17-8-7-16(3)20(23(17)21)10-9-19-13-18(26)14-22(27)29-19;22-13-5-4-9-16(19(25)24-14-6-10-18(24)21(28)29)23-17(20(26)27)12-11-15-7-2-1-3-8-15;20-19-25-15-14(17(30)26-19)23-11(8-22-15)7-21-10-3-1-9(2-4-10)16(29)24-12(18(31)32)5-6-13(27)28;;/h7-8,11,15-16,18-21,23,26H,6,9-10,12-14H2,1-5H3;1-3,7-8,16-18,23H,4-6,9-14,22H2,(H,26,27)(H,28,29);1-4,8,12,21H,5-7H2,(H,24,29)(H,27,28)(H,31,32)(H3,20,22,25,26,30);2*1H2/t15-,16-,18+,19+,20-,21-,23-;16-,17-,18-;12-;;/m000../s1. The minimum Gasteiger partial charge on any atom is -0.481 e. The molecule has 11 atom stereocenters. The monoisotopic (exact) mass is 1300 g/mol. The second kappa shape index (κ2) is 36.5. The van der Waals surface area contributed by atoms with Crippen molar-refractivity contribution in [1.29, 1.82) is 0 Å². The molecule has 2 aliphatic carbocycles. The second-order valence-electron chi connectivity index (χ2n) is 24.4. The number of nitrogens with two attached hydrogens (primary N) is 2. The number of carboxylic acid groups (broad SMARTS) is 4. The lowest BCUT2D eigenvalue weighted by Gasteiger charge is -2.44. The number of likely N-dealkylation sites (tertiary alicyclic amines) is 1. The minimum atomic E-state index is -1.31. The van der Waals surface area contributed by atoms with Crippen molar-refractivity contribution in [3.05, 3.63) is 112 Å². The Morgan fingerprint density at radius 1 is 0.882 bits per heavy atom. The normalized spacial score (nSPS) is 21.5. The van der Waals surface area contributed by atoms with E-state index in [9.17, 15) is 58.5 Å². The highest BCUT2D eigenvalue weighted by Gasteiger charge is 2.44. The maximum absolute atomic E-state index is 13.1. The number of carboxylic acids is 4. The van der Waals surface area contributed by atoms with Gasteiger partial charge in [-0.05, 0) is 144 Å². The highest BCUT2D eigenvalue weighted by atomic mass is 16.6. The van der Waals surface area contributed by atoms with Crippen LogP contribution < -0.4 is 33.0 Å². The highest BCUT2D eigenvalue weighted by Crippen LogP contribution is 2.46. The molecule has 2 aliphatic heterocycles. The van der Waals surface area contributed by atoms with Crippen LogP contribution in [0.25, 0.3) is 11.2 Å². The number of aromatic nitrogens is 4. The summed E-state index contributed by atoms with van der Waals surface area (Å²) >= 11 is 0. The smallest absolute Gasteiger partial charge is 0.326 e. The number of nitrogen functional groups attached to an aromatic ring is 1. The molecule has 28 nitrogen and oxygen atoms in total. The molecule has 0 bridgehead atoms. The van der Waals surface area contributed by atoms with E-state index in [1.807, 2.05) is 51.1 Å². The molecule has 93 heavy (non-hydrogen) atoms. The molecule has 4 aliphatic rings. The average Bonchev–Trinajstić information content (AvgIpc) is 1.25. The predicted octanol–water partition coefficient (Wildman–Crippen LogP) is 4.13. The number of nitrogens with zero attached hydrogens (tertiary/aromatic N) is 4. The number of unbranched alkanes of at least 4 members (excludes halogenated alkanes) is 1. The summed E-state index contributed by atoms with van der Waals surface area (Å²) in [6, 6.07) is 12.0. The van der Waals surface area contributed by atoms with Crippen LogP contribution in [-0.4, -0.2) is 165 Å². The van der Waals surface area contributed by atoms with E-state index in [4.69, 9.17) is 31.2 Å². The maximum Gasteiger partial charge on any atom is 0.326 e. The lowest BCUT2D eigenvalue weighted by atomic mass is 9.65. The number of carbonyl (C=O) groups excluding carboxylic acids is 4. The van der Waals surface area contributed by atoms with E-state index in [1.165, 1.54) is 28.8 Å². The number of cyclic esters (lactones) is 1. The Bertz CT molecular complexity index is 3290. The molecule has 0 spiro atoms. The van der Waals surface area contributed by atoms with Gasteiger partial charge in [-0.15, -0.1) is 0 Å². The van der Waals surface area contributed by atoms with Crippen LogP contribution in [0.5, 0.6) is 0 Å². The second-order valence-corrected chi connectivity index (χ2v) is 24.4. The van der Waals surface area contributed by atoms with Crippen LogP contribution in [0.2, 0.25) is 0 Å². The van der Waals surface area contributed by atoms with Crippen molar-refractivity contribution >= 4 is 70.4 Å². The average molecular weight is 1300 g/mol. The van der Waals surface area contributed by atoms with Gasteiger partial charge in [-0.1, -0.05) is 75.8 Å². The molecule has 4 heterocycles. The topological polar surface area (TPSA) is 482 Å². The van der Waals surface area contributed by atoms with Crippen LogP contribution in [0.1, 0.15) is 146 Å². The van der Waals surface area contributed by atoms with Gasteiger partial charge in [0, 0.05) is 36.6 Å². The van der Waals surface area contributed by atoms with Crippen LogP contribution in [-0.2, 0) is 56.0 Å². The number of esters is 2. The van der Waals surface area contributed by atoms with E-state index in [2.05, 4.69) is 68.0 Å². The number of aliphatic hydroxyl groups is 1. The molecule has 2 fully saturated rings. The Balaban J connectivity index is 0.000000295. The third-order valence-corrected chi connectivity index (χ3v) is 17.0. The van der Waals surface area contributed by atoms with Crippen LogP contribution in [0.4, 0.5) is 11.6 Å². The zero-order chi connectivity index (χ0) is 66.5. The number of fused-ring (bicyclic) bond motifs is 2. The number of nitrogens with one attached hydrogen (secondary N) is 4. The molecule has 510 valence electrons. The first-order valence-corrected chi connectivity index (χ1v) is 31.1. The SMILES string of the molecule is CCC(C)(C)C(=O)O[C@H]1C[C@@H](C)C=C2C=C[C@H](C)[C@H](CC[C@@H]3C[C@@H](O)CC(=O)O3)[C@H]21.NCCCC[C@H](N[C@@H](CCc1ccccc1)C(=O)O)C(=O)N1CCC[C@H]1C(=O)O.Nc1nc2ncc(CNc3ccc(C(=O)N[C@@H](CCC(=O)O)C(=O)O)cc3)nc2c(=O)[nH]1.O.O. The summed E-state index contributed by atoms with van der Waals surface area (Å²) in [4.78, 5) is 123. The van der Waals surface area contributed by atoms with Gasteiger partial charge in [-0.3, -0.25) is 43.9 Å². The lowest BCUT2D eigenvalue weighted by molar-refractivity contribution is -0.166. The van der Waals surface area contributed by atoms with E-state index < -0.39 is 71.0 Å². The summed E-state index contributed by atoms with van der Waals surface area (Å²) in [6.45, 7) is 11.4. The van der Waals surface area contributed by atoms with Gasteiger partial charge in [-0.2, -0.15) is 4.98 Å². The first-order valence-electron chi connectivity index (χ1n) is 31.1. The van der Waals surface area contributed by atoms with E-state index >= 15 is 0 Å². The third kappa shape index (κ3) is 22.8. The van der Waals surface area contributed by atoms with Gasteiger partial charge >= 0.3 is 35.8 Å². The Labute approximate surface area is 539 Å². The fourth-order valence-corrected chi connectivity index (χ4v) is 11.6. The molecular formula is C65H92N10O18. The molecule has 28 heteroatoms. The molecule has 4 aromatic rings. The molecule has 8 rings (SSSR count). The number of ether oxygens (including phenoxy) is 2. The van der Waals surface area contributed by atoms with Crippen molar-refractivity contribution < 1.29 is 84.3 Å². The number of amides is 2. The molecule has 2 saturated heterocycles. The van der Waals surface area contributed by atoms with Gasteiger partial charge in [0.1, 0.15) is 30.3 Å². The lowest BCUT2D eigenvalue weighted by Crippen LogP contribution is -2.54. The summed E-state index contributed by atoms with van der Waals surface area (Å²) in [5, 5.41) is 55.2. The van der Waals surface area contributed by atoms with Crippen molar-refractivity contribution in [1.82, 2.24) is 35.5 Å². The van der Waals surface area contributed by atoms with Gasteiger partial charge < -0.3 is 73.0 Å². The number of benzene rings is 2. The number of anilines is 2. The van der Waals surface area contributed by atoms with Gasteiger partial charge in [-0.25, -0.2) is 19.6 Å². The van der Waals surface area contributed by atoms with Gasteiger partial charge in [0.25, 0.3) is 11.5 Å². The molecule has 0 saturated carbocycles. The number of hydrogen-bond acceptors (Lipinski definition) is 19. The number of aryl methyl sites for hydroxylation is 1. The Kier molecular flexibility index (Phi) is 30.1. The summed E-state index contributed by atoms with van der Waals surface area (Å²) in [6.07, 6.45) is 14.2. The molecule has 2 aromatic heterocycles. The van der Waals surface area contributed by atoms with E-state index in [1.54, 1.807) is 12.1 Å². The molecule has 17 N–H and O–H groups in total. The van der Waals surface area contributed by atoms with Crippen molar-refractivity contribution in [2.45, 2.75) is 180 Å². The summed E-state index contributed by atoms with van der Waals surface area (Å²) in [5.74, 6) is -4.75. The molecule has 2 aromatic carbocycles. The van der Waals surface area contributed by atoms with E-state index in [-0.39, 0.29) is 95.4 Å². The summed E-state index contributed by atoms with van der Waals surface area (Å²) < 4.78 is 11.6. The summed E-state index contributed by atoms with van der Waals surface area (Å²) in [7, 11) is 0. The number of aliphatic carboxylic acids is 4. The Hall–Kier alpha value is -8.70. The van der Waals surface area contributed by atoms with Crippen LogP contribution in [0.3, 0.4) is 0 Å². The highest BCUT2D eigenvalue weighted by molar-refractivity contribution is 5.97. The third-order valence-electron chi connectivity index (χ3n) is 17.0. The molecule has 0 radical (unpaired) electrons. The quantitative estimate of drug-likeness (QED) is 0.0295. The number of rotatable bonds is 27. The van der Waals surface area contributed by atoms with Crippen LogP contribution in [0.15, 0.2) is 89.4 Å². The Morgan fingerprint density at radius 2 is 1.58 bits per heavy atom. The zero-order valence-electron chi connectivity index (χ0n) is 53.3. The number of allylic oxidation sites excluding steroid dienone is 3. The fraction of sp³-hybridized carbons (Fsp3) is 0.538. The number of aromatic amines is 1. The van der Waals surface area contributed by atoms with Crippen molar-refractivity contribution in [2.24, 2.45) is 34.8 Å². The Morgan fingerprint density at radius 3 is 2.22 bits per heavy atom. The molecule has 2 amide bonds. The number of aliphatic hydroxyl groups excluding tert-OH is 1. The first-order chi connectivity index (χ1) is 43.3. The molecular weight excluding hydrogens is 1210 g/mol. The van der Waals surface area contributed by atoms with Crippen molar-refractivity contribution in [2.75, 3.05) is 24.1 Å². The van der Waals surface area contributed by atoms with Crippen LogP contribution >= 0.6 is 0 Å². The maximum atomic E-state index is 13.1. The van der Waals surface area contributed by atoms with Gasteiger partial charge in [0.05, 0.1) is 42.4 Å². The largest absolute Gasteiger partial charge is 0.481 e. The zero-order valence-corrected chi connectivity index (χ0v) is 53.3. The van der Waals surface area contributed by atoms with Gasteiger partial charge in [0.15, 0.2) is 11.2 Å².